The lowest BCUT2D eigenvalue weighted by Gasteiger charge is -2.01. The van der Waals surface area contributed by atoms with Crippen LogP contribution in [0.2, 0.25) is 0 Å². The molecule has 0 aromatic heterocycles. The molecular formula is C8H9ClO. The van der Waals surface area contributed by atoms with Gasteiger partial charge in [-0.3, -0.25) is 0 Å². The molecule has 0 aliphatic heterocycles. The summed E-state index contributed by atoms with van der Waals surface area (Å²) in [6.45, 7) is 1.90. The van der Waals surface area contributed by atoms with Gasteiger partial charge < -0.3 is 5.11 Å². The minimum Gasteiger partial charge on any atom is -0.508 e. The number of rotatable bonds is 1. The summed E-state index contributed by atoms with van der Waals surface area (Å²) in [6.07, 6.45) is 0. The number of alkyl halides is 1. The third kappa shape index (κ3) is 1.64. The lowest BCUT2D eigenvalue weighted by molar-refractivity contribution is 0.475. The molecule has 1 atom stereocenters. The van der Waals surface area contributed by atoms with Gasteiger partial charge in [-0.1, -0.05) is 12.1 Å². The van der Waals surface area contributed by atoms with Crippen LogP contribution in [-0.2, 0) is 0 Å². The summed E-state index contributed by atoms with van der Waals surface area (Å²) in [7, 11) is 0. The van der Waals surface area contributed by atoms with Crippen LogP contribution in [0.4, 0.5) is 0 Å². The maximum atomic E-state index is 8.90. The minimum atomic E-state index is 0.0144. The smallest absolute Gasteiger partial charge is 0.115 e. The van der Waals surface area contributed by atoms with Crippen molar-refractivity contribution in [2.45, 2.75) is 12.3 Å². The quantitative estimate of drug-likeness (QED) is 0.620. The van der Waals surface area contributed by atoms with Gasteiger partial charge in [0, 0.05) is 0 Å². The van der Waals surface area contributed by atoms with E-state index >= 15 is 0 Å². The van der Waals surface area contributed by atoms with Crippen LogP contribution in [0.15, 0.2) is 24.3 Å². The molecule has 1 rings (SSSR count). The summed E-state index contributed by atoms with van der Waals surface area (Å²) in [4.78, 5) is 0. The van der Waals surface area contributed by atoms with Crippen molar-refractivity contribution in [2.75, 3.05) is 0 Å². The molecule has 0 heterocycles. The molecule has 1 aromatic rings. The predicted octanol–water partition coefficient (Wildman–Crippen LogP) is 2.69. The number of halogens is 1. The van der Waals surface area contributed by atoms with Crippen molar-refractivity contribution < 1.29 is 5.11 Å². The Bertz CT molecular complexity index is 203. The zero-order valence-corrected chi connectivity index (χ0v) is 6.47. The van der Waals surface area contributed by atoms with Gasteiger partial charge in [0.1, 0.15) is 5.75 Å². The average molecular weight is 157 g/mol. The molecule has 0 aliphatic rings. The molecule has 1 unspecified atom stereocenters. The SMILES string of the molecule is CC(Cl)c1ccc(O)cc1. The fourth-order valence-electron chi connectivity index (χ4n) is 0.740. The van der Waals surface area contributed by atoms with E-state index in [1.165, 1.54) is 0 Å². The van der Waals surface area contributed by atoms with Crippen LogP contribution in [0.1, 0.15) is 17.9 Å². The molecule has 0 spiro atoms. The van der Waals surface area contributed by atoms with Crippen molar-refractivity contribution in [2.24, 2.45) is 0 Å². The van der Waals surface area contributed by atoms with E-state index in [2.05, 4.69) is 0 Å². The molecule has 2 heteroatoms. The Morgan fingerprint density at radius 1 is 1.30 bits per heavy atom. The van der Waals surface area contributed by atoms with Crippen molar-refractivity contribution in [3.8, 4) is 5.75 Å². The van der Waals surface area contributed by atoms with Gasteiger partial charge in [-0.25, -0.2) is 0 Å². The van der Waals surface area contributed by atoms with E-state index in [4.69, 9.17) is 16.7 Å². The van der Waals surface area contributed by atoms with Crippen molar-refractivity contribution in [3.05, 3.63) is 29.8 Å². The Kier molecular flexibility index (Phi) is 2.17. The Morgan fingerprint density at radius 2 is 1.80 bits per heavy atom. The molecule has 0 saturated carbocycles. The molecule has 0 fully saturated rings. The summed E-state index contributed by atoms with van der Waals surface area (Å²) >= 11 is 5.77. The van der Waals surface area contributed by atoms with Crippen LogP contribution < -0.4 is 0 Å². The van der Waals surface area contributed by atoms with Crippen LogP contribution in [0.25, 0.3) is 0 Å². The second-order valence-electron chi connectivity index (χ2n) is 2.21. The van der Waals surface area contributed by atoms with Gasteiger partial charge >= 0.3 is 0 Å². The molecule has 54 valence electrons. The summed E-state index contributed by atoms with van der Waals surface area (Å²) in [5.74, 6) is 0.279. The molecule has 0 saturated heterocycles. The fourth-order valence-corrected chi connectivity index (χ4v) is 0.885. The Hall–Kier alpha value is -0.690. The molecule has 1 aromatic carbocycles. The van der Waals surface area contributed by atoms with E-state index in [0.717, 1.165) is 5.56 Å². The van der Waals surface area contributed by atoms with Gasteiger partial charge in [0.2, 0.25) is 0 Å². The maximum Gasteiger partial charge on any atom is 0.115 e. The first kappa shape index (κ1) is 7.42. The molecule has 1 nitrogen and oxygen atoms in total. The molecule has 1 N–H and O–H groups in total. The number of benzene rings is 1. The van der Waals surface area contributed by atoms with Crippen molar-refractivity contribution >= 4 is 11.6 Å². The fraction of sp³-hybridized carbons (Fsp3) is 0.250. The normalized spacial score (nSPS) is 13.0. The van der Waals surface area contributed by atoms with Gasteiger partial charge in [-0.05, 0) is 24.6 Å². The van der Waals surface area contributed by atoms with E-state index in [-0.39, 0.29) is 11.1 Å². The standard InChI is InChI=1S/C8H9ClO/c1-6(9)7-2-4-8(10)5-3-7/h2-6,10H,1H3. The lowest BCUT2D eigenvalue weighted by Crippen LogP contribution is -1.81. The van der Waals surface area contributed by atoms with Crippen LogP contribution in [0.5, 0.6) is 5.75 Å². The van der Waals surface area contributed by atoms with Gasteiger partial charge in [0.05, 0.1) is 5.38 Å². The second-order valence-corrected chi connectivity index (χ2v) is 2.86. The molecule has 0 aliphatic carbocycles. The number of phenols is 1. The Morgan fingerprint density at radius 3 is 2.20 bits per heavy atom. The van der Waals surface area contributed by atoms with Crippen molar-refractivity contribution in [1.82, 2.24) is 0 Å². The number of aromatic hydroxyl groups is 1. The zero-order chi connectivity index (χ0) is 7.56. The van der Waals surface area contributed by atoms with E-state index < -0.39 is 0 Å². The molecular weight excluding hydrogens is 148 g/mol. The van der Waals surface area contributed by atoms with Crippen LogP contribution in [-0.4, -0.2) is 5.11 Å². The highest BCUT2D eigenvalue weighted by Gasteiger charge is 1.98. The van der Waals surface area contributed by atoms with Gasteiger partial charge in [-0.15, -0.1) is 11.6 Å². The van der Waals surface area contributed by atoms with E-state index in [0.29, 0.717) is 0 Å². The van der Waals surface area contributed by atoms with Crippen LogP contribution in [0.3, 0.4) is 0 Å². The topological polar surface area (TPSA) is 20.2 Å². The van der Waals surface area contributed by atoms with Gasteiger partial charge in [0.25, 0.3) is 0 Å². The van der Waals surface area contributed by atoms with E-state index in [1.807, 2.05) is 19.1 Å². The minimum absolute atomic E-state index is 0.0144. The third-order valence-corrected chi connectivity index (χ3v) is 1.60. The summed E-state index contributed by atoms with van der Waals surface area (Å²) in [5, 5.41) is 8.91. The zero-order valence-electron chi connectivity index (χ0n) is 5.71. The molecule has 0 bridgehead atoms. The number of phenolic OH excluding ortho intramolecular Hbond substituents is 1. The van der Waals surface area contributed by atoms with E-state index in [1.54, 1.807) is 12.1 Å². The second kappa shape index (κ2) is 2.93. The molecule has 10 heavy (non-hydrogen) atoms. The highest BCUT2D eigenvalue weighted by atomic mass is 35.5. The highest BCUT2D eigenvalue weighted by Crippen LogP contribution is 2.20. The Balaban J connectivity index is 2.89. The van der Waals surface area contributed by atoms with Crippen molar-refractivity contribution in [3.63, 3.8) is 0 Å². The first-order valence-corrected chi connectivity index (χ1v) is 3.57. The van der Waals surface area contributed by atoms with E-state index in [9.17, 15) is 0 Å². The Labute approximate surface area is 65.3 Å². The van der Waals surface area contributed by atoms with Crippen molar-refractivity contribution in [1.29, 1.82) is 0 Å². The number of hydrogen-bond donors (Lipinski definition) is 1. The molecule has 0 amide bonds. The lowest BCUT2D eigenvalue weighted by atomic mass is 10.2. The molecule has 0 radical (unpaired) electrons. The first-order valence-electron chi connectivity index (χ1n) is 3.13. The van der Waals surface area contributed by atoms with Crippen LogP contribution >= 0.6 is 11.6 Å². The predicted molar refractivity (Wildman–Crippen MR) is 42.4 cm³/mol. The first-order chi connectivity index (χ1) is 4.70. The van der Waals surface area contributed by atoms with Gasteiger partial charge in [-0.2, -0.15) is 0 Å². The average Bonchev–Trinajstić information content (AvgIpc) is 1.88. The van der Waals surface area contributed by atoms with Gasteiger partial charge in [0.15, 0.2) is 0 Å². The number of hydrogen-bond acceptors (Lipinski definition) is 1. The maximum absolute atomic E-state index is 8.90. The highest BCUT2D eigenvalue weighted by molar-refractivity contribution is 6.20. The summed E-state index contributed by atoms with van der Waals surface area (Å²) < 4.78 is 0. The summed E-state index contributed by atoms with van der Waals surface area (Å²) in [6, 6.07) is 6.89. The summed E-state index contributed by atoms with van der Waals surface area (Å²) in [5.41, 5.74) is 1.03. The monoisotopic (exact) mass is 156 g/mol. The van der Waals surface area contributed by atoms with Crippen LogP contribution in [0, 0.1) is 0 Å². The third-order valence-electron chi connectivity index (χ3n) is 1.35. The largest absolute Gasteiger partial charge is 0.508 e.